The van der Waals surface area contributed by atoms with Crippen LogP contribution in [-0.4, -0.2) is 69.5 Å². The third-order valence-corrected chi connectivity index (χ3v) is 9.45. The first kappa shape index (κ1) is 28.2. The fourth-order valence-corrected chi connectivity index (χ4v) is 7.43. The maximum Gasteiger partial charge on any atom is 0.319 e. The van der Waals surface area contributed by atoms with E-state index in [1.54, 1.807) is 30.5 Å². The van der Waals surface area contributed by atoms with Crippen molar-refractivity contribution in [1.29, 1.82) is 5.26 Å². The van der Waals surface area contributed by atoms with Gasteiger partial charge in [-0.3, -0.25) is 9.88 Å². The maximum absolute atomic E-state index is 16.7. The van der Waals surface area contributed by atoms with Gasteiger partial charge in [-0.15, -0.1) is 6.42 Å². The molecular formula is C34H32F2N6O2. The molecule has 7 rings (SSSR count). The van der Waals surface area contributed by atoms with Crippen LogP contribution in [0.2, 0.25) is 0 Å². The molecule has 0 radical (unpaired) electrons. The van der Waals surface area contributed by atoms with Crippen LogP contribution in [0.15, 0.2) is 36.5 Å². The fraction of sp³-hybridized carbons (Fsp3) is 0.412. The Balaban J connectivity index is 1.36. The molecule has 1 unspecified atom stereocenters. The number of phenolic OH excluding ortho intramolecular Hbond substituents is 1. The van der Waals surface area contributed by atoms with Crippen molar-refractivity contribution >= 4 is 27.5 Å². The third kappa shape index (κ3) is 4.84. The van der Waals surface area contributed by atoms with Crippen LogP contribution in [0.5, 0.6) is 11.8 Å². The van der Waals surface area contributed by atoms with Crippen molar-refractivity contribution in [3.63, 3.8) is 0 Å². The van der Waals surface area contributed by atoms with Crippen LogP contribution in [-0.2, 0) is 0 Å². The highest BCUT2D eigenvalue weighted by Crippen LogP contribution is 2.42. The van der Waals surface area contributed by atoms with Gasteiger partial charge in [0.15, 0.2) is 5.82 Å². The van der Waals surface area contributed by atoms with Crippen molar-refractivity contribution in [2.45, 2.75) is 50.2 Å². The summed E-state index contributed by atoms with van der Waals surface area (Å²) in [5.74, 6) is 2.57. The van der Waals surface area contributed by atoms with Crippen molar-refractivity contribution in [3.05, 3.63) is 47.9 Å². The molecule has 44 heavy (non-hydrogen) atoms. The molecule has 1 N–H and O–H groups in total. The fourth-order valence-electron chi connectivity index (χ4n) is 7.43. The molecule has 3 aliphatic rings. The molecule has 0 saturated carbocycles. The van der Waals surface area contributed by atoms with E-state index < -0.39 is 17.5 Å². The predicted octanol–water partition coefficient (Wildman–Crippen LogP) is 5.76. The number of anilines is 1. The van der Waals surface area contributed by atoms with E-state index in [0.717, 1.165) is 32.2 Å². The van der Waals surface area contributed by atoms with Crippen molar-refractivity contribution in [2.24, 2.45) is 5.92 Å². The average Bonchev–Trinajstić information content (AvgIpc) is 3.55. The highest BCUT2D eigenvalue weighted by molar-refractivity contribution is 6.02. The van der Waals surface area contributed by atoms with Gasteiger partial charge < -0.3 is 14.7 Å². The smallest absolute Gasteiger partial charge is 0.319 e. The molecule has 0 amide bonds. The molecule has 224 valence electrons. The topological polar surface area (TPSA) is 98.4 Å². The summed E-state index contributed by atoms with van der Waals surface area (Å²) in [7, 11) is 0. The van der Waals surface area contributed by atoms with Crippen molar-refractivity contribution < 1.29 is 18.6 Å². The normalized spacial score (nSPS) is 23.5. The second-order valence-electron chi connectivity index (χ2n) is 12.2. The highest BCUT2D eigenvalue weighted by Gasteiger charge is 2.49. The maximum atomic E-state index is 16.7. The number of ether oxygens (including phenoxy) is 1. The van der Waals surface area contributed by atoms with Gasteiger partial charge in [0, 0.05) is 55.2 Å². The van der Waals surface area contributed by atoms with Crippen LogP contribution in [0.4, 0.5) is 14.6 Å². The summed E-state index contributed by atoms with van der Waals surface area (Å²) in [4.78, 5) is 18.1. The summed E-state index contributed by atoms with van der Waals surface area (Å²) in [6.45, 7) is 2.69. The summed E-state index contributed by atoms with van der Waals surface area (Å²) < 4.78 is 37.4. The molecule has 2 aromatic carbocycles. The number of rotatable bonds is 6. The van der Waals surface area contributed by atoms with E-state index >= 15 is 4.39 Å². The molecule has 0 spiro atoms. The van der Waals surface area contributed by atoms with Gasteiger partial charge in [-0.2, -0.15) is 15.2 Å². The van der Waals surface area contributed by atoms with E-state index in [0.29, 0.717) is 65.6 Å². The lowest BCUT2D eigenvalue weighted by atomic mass is 9.95. The monoisotopic (exact) mass is 594 g/mol. The molecule has 10 heteroatoms. The lowest BCUT2D eigenvalue weighted by Gasteiger charge is -2.34. The third-order valence-electron chi connectivity index (χ3n) is 9.45. The first-order valence-corrected chi connectivity index (χ1v) is 15.1. The Morgan fingerprint density at radius 3 is 2.91 bits per heavy atom. The number of nitrogens with zero attached hydrogens (tertiary/aromatic N) is 6. The van der Waals surface area contributed by atoms with Crippen LogP contribution in [0, 0.1) is 35.4 Å². The highest BCUT2D eigenvalue weighted by atomic mass is 19.1. The molecule has 0 aliphatic carbocycles. The number of alkyl halides is 1. The Kier molecular flexibility index (Phi) is 7.18. The zero-order valence-electron chi connectivity index (χ0n) is 24.3. The summed E-state index contributed by atoms with van der Waals surface area (Å²) in [5.41, 5.74) is 0.501. The van der Waals surface area contributed by atoms with Crippen LogP contribution in [0.1, 0.15) is 44.1 Å². The van der Waals surface area contributed by atoms with E-state index in [4.69, 9.17) is 16.1 Å². The second-order valence-corrected chi connectivity index (χ2v) is 12.2. The second kappa shape index (κ2) is 11.2. The number of fused-ring (bicyclic) bond motifs is 3. The van der Waals surface area contributed by atoms with Crippen molar-refractivity contribution in [1.82, 2.24) is 19.9 Å². The van der Waals surface area contributed by atoms with Gasteiger partial charge in [-0.25, -0.2) is 8.78 Å². The molecule has 3 saturated heterocycles. The number of terminal acetylenes is 1. The molecule has 4 aromatic rings. The number of pyridine rings is 1. The Labute approximate surface area is 254 Å². The number of aromatic hydroxyl groups is 1. The molecule has 0 bridgehead atoms. The van der Waals surface area contributed by atoms with Crippen LogP contribution in [0.3, 0.4) is 0 Å². The van der Waals surface area contributed by atoms with E-state index in [9.17, 15) is 14.8 Å². The Bertz CT molecular complexity index is 1850. The number of phenols is 1. The minimum Gasteiger partial charge on any atom is -0.508 e. The molecule has 8 nitrogen and oxygen atoms in total. The summed E-state index contributed by atoms with van der Waals surface area (Å²) >= 11 is 0. The van der Waals surface area contributed by atoms with Gasteiger partial charge in [-0.05, 0) is 61.7 Å². The molecule has 3 atom stereocenters. The zero-order chi connectivity index (χ0) is 30.4. The molecular weight excluding hydrogens is 562 g/mol. The number of hydrogen-bond acceptors (Lipinski definition) is 8. The molecule has 2 aromatic heterocycles. The lowest BCUT2D eigenvalue weighted by Crippen LogP contribution is -2.43. The summed E-state index contributed by atoms with van der Waals surface area (Å²) in [6, 6.07) is 10.7. The number of benzene rings is 2. The zero-order valence-corrected chi connectivity index (χ0v) is 24.3. The van der Waals surface area contributed by atoms with Gasteiger partial charge >= 0.3 is 6.01 Å². The van der Waals surface area contributed by atoms with Crippen LogP contribution < -0.4 is 9.64 Å². The average molecular weight is 595 g/mol. The van der Waals surface area contributed by atoms with Crippen LogP contribution in [0.25, 0.3) is 32.9 Å². The SMILES string of the molecule is C#Cc1cccc2cc(O)cc(-c3ncc4c(N5CCC[C@@H](CC#N)C5)nc(OCC56CCCN5C[C@H](F)C6)nc4c3F)c12. The first-order valence-electron chi connectivity index (χ1n) is 15.1. The van der Waals surface area contributed by atoms with Gasteiger partial charge in [0.25, 0.3) is 0 Å². The van der Waals surface area contributed by atoms with Crippen molar-refractivity contribution in [3.8, 4) is 41.4 Å². The largest absolute Gasteiger partial charge is 0.508 e. The standard InChI is InChI=1S/C34H32F2N6O2/c1-2-22-7-3-8-23-14-25(43)15-26(28(22)23)30-29(36)31-27(17-38-30)32(41-12-4-6-21(18-41)9-11-37)40-33(39-31)44-20-34-10-5-13-42(34)19-24(35)16-34/h1,3,7-8,14-15,17,21,24,43H,4-6,9-10,12-13,16,18-20H2/t21-,24+,34?/m0/s1. The quantitative estimate of drug-likeness (QED) is 0.282. The lowest BCUT2D eigenvalue weighted by molar-refractivity contribution is 0.107. The number of halogens is 2. The number of hydrogen-bond donors (Lipinski definition) is 1. The Morgan fingerprint density at radius 1 is 1.18 bits per heavy atom. The van der Waals surface area contributed by atoms with Gasteiger partial charge in [0.2, 0.25) is 0 Å². The Morgan fingerprint density at radius 2 is 2.07 bits per heavy atom. The van der Waals surface area contributed by atoms with Crippen molar-refractivity contribution in [2.75, 3.05) is 37.7 Å². The summed E-state index contributed by atoms with van der Waals surface area (Å²) in [5, 5.41) is 21.5. The number of piperidine rings is 1. The van der Waals surface area contributed by atoms with Crippen LogP contribution >= 0.6 is 0 Å². The van der Waals surface area contributed by atoms with E-state index in [1.165, 1.54) is 6.07 Å². The molecule has 5 heterocycles. The minimum absolute atomic E-state index is 0.00525. The van der Waals surface area contributed by atoms with E-state index in [-0.39, 0.29) is 35.5 Å². The first-order chi connectivity index (χ1) is 21.4. The van der Waals surface area contributed by atoms with Gasteiger partial charge in [0.1, 0.15) is 35.6 Å². The van der Waals surface area contributed by atoms with Gasteiger partial charge in [0.05, 0.1) is 17.0 Å². The van der Waals surface area contributed by atoms with E-state index in [1.807, 2.05) is 0 Å². The molecule has 3 fully saturated rings. The Hall–Kier alpha value is -4.54. The van der Waals surface area contributed by atoms with Gasteiger partial charge in [-0.1, -0.05) is 18.1 Å². The predicted molar refractivity (Wildman–Crippen MR) is 164 cm³/mol. The molecule has 3 aliphatic heterocycles. The number of nitriles is 1. The number of aromatic nitrogens is 3. The van der Waals surface area contributed by atoms with E-state index in [2.05, 4.69) is 31.8 Å². The summed E-state index contributed by atoms with van der Waals surface area (Å²) in [6.07, 6.45) is 10.8. The minimum atomic E-state index is -0.909.